The zero-order chi connectivity index (χ0) is 17.8. The Kier molecular flexibility index (Phi) is 5.30. The molecule has 0 aliphatic carbocycles. The lowest BCUT2D eigenvalue weighted by Gasteiger charge is -2.06. The van der Waals surface area contributed by atoms with Crippen LogP contribution in [0, 0.1) is 4.77 Å². The number of aromatic nitrogens is 3. The van der Waals surface area contributed by atoms with Gasteiger partial charge >= 0.3 is 0 Å². The lowest BCUT2D eigenvalue weighted by Crippen LogP contribution is -1.97. The largest absolute Gasteiger partial charge is 0.497 e. The number of aromatic amines is 1. The number of hydrogen-bond acceptors (Lipinski definition) is 5. The molecular formula is C17H15BrN4O2S. The molecule has 0 saturated heterocycles. The van der Waals surface area contributed by atoms with Crippen molar-refractivity contribution >= 4 is 34.4 Å². The molecule has 0 radical (unpaired) electrons. The molecule has 6 nitrogen and oxygen atoms in total. The third kappa shape index (κ3) is 3.80. The Labute approximate surface area is 158 Å². The molecule has 1 N–H and O–H groups in total. The van der Waals surface area contributed by atoms with Crippen LogP contribution in [0.25, 0.3) is 11.4 Å². The van der Waals surface area contributed by atoms with E-state index < -0.39 is 0 Å². The zero-order valence-electron chi connectivity index (χ0n) is 13.6. The molecule has 0 spiro atoms. The van der Waals surface area contributed by atoms with E-state index in [1.807, 2.05) is 42.5 Å². The van der Waals surface area contributed by atoms with E-state index in [0.29, 0.717) is 16.3 Å². The highest BCUT2D eigenvalue weighted by Gasteiger charge is 2.09. The van der Waals surface area contributed by atoms with Crippen molar-refractivity contribution in [2.75, 3.05) is 14.2 Å². The highest BCUT2D eigenvalue weighted by molar-refractivity contribution is 9.10. The highest BCUT2D eigenvalue weighted by Crippen LogP contribution is 2.24. The minimum atomic E-state index is 0.392. The Hall–Kier alpha value is -2.45. The van der Waals surface area contributed by atoms with E-state index in [9.17, 15) is 0 Å². The fourth-order valence-electron chi connectivity index (χ4n) is 2.27. The van der Waals surface area contributed by atoms with E-state index in [2.05, 4.69) is 31.2 Å². The van der Waals surface area contributed by atoms with Crippen molar-refractivity contribution in [2.24, 2.45) is 5.10 Å². The molecular weight excluding hydrogens is 404 g/mol. The van der Waals surface area contributed by atoms with Gasteiger partial charge in [-0.25, -0.2) is 5.10 Å². The molecule has 1 heterocycles. The maximum absolute atomic E-state index is 5.36. The number of hydrogen-bond donors (Lipinski definition) is 1. The third-order valence-electron chi connectivity index (χ3n) is 3.48. The SMILES string of the molecule is COc1cccc(-c2n[nH]c(=S)n2/N=C/c2cc(Br)ccc2OC)c1. The molecule has 3 aromatic rings. The Bertz CT molecular complexity index is 981. The topological polar surface area (TPSA) is 64.4 Å². The summed E-state index contributed by atoms with van der Waals surface area (Å²) in [5, 5.41) is 11.5. The van der Waals surface area contributed by atoms with Gasteiger partial charge in [0.25, 0.3) is 0 Å². The first-order chi connectivity index (χ1) is 12.1. The number of methoxy groups -OCH3 is 2. The summed E-state index contributed by atoms with van der Waals surface area (Å²) in [6.45, 7) is 0. The molecule has 25 heavy (non-hydrogen) atoms. The molecule has 8 heteroatoms. The van der Waals surface area contributed by atoms with Crippen LogP contribution >= 0.6 is 28.1 Å². The summed E-state index contributed by atoms with van der Waals surface area (Å²) in [4.78, 5) is 0. The van der Waals surface area contributed by atoms with E-state index in [4.69, 9.17) is 21.7 Å². The second-order valence-corrected chi connectivity index (χ2v) is 6.33. The zero-order valence-corrected chi connectivity index (χ0v) is 16.0. The van der Waals surface area contributed by atoms with E-state index in [1.165, 1.54) is 0 Å². The molecule has 2 aromatic carbocycles. The van der Waals surface area contributed by atoms with Gasteiger partial charge in [0.15, 0.2) is 5.82 Å². The maximum Gasteiger partial charge on any atom is 0.216 e. The number of halogens is 1. The van der Waals surface area contributed by atoms with Gasteiger partial charge < -0.3 is 9.47 Å². The van der Waals surface area contributed by atoms with Crippen LogP contribution in [-0.4, -0.2) is 35.3 Å². The molecule has 0 fully saturated rings. The number of rotatable bonds is 5. The summed E-state index contributed by atoms with van der Waals surface area (Å²) in [5.74, 6) is 2.04. The van der Waals surface area contributed by atoms with Crippen LogP contribution in [0.4, 0.5) is 0 Å². The predicted molar refractivity (Wildman–Crippen MR) is 103 cm³/mol. The van der Waals surface area contributed by atoms with Gasteiger partial charge in [-0.2, -0.15) is 14.9 Å². The fraction of sp³-hybridized carbons (Fsp3) is 0.118. The Morgan fingerprint density at radius 2 is 2.04 bits per heavy atom. The van der Waals surface area contributed by atoms with Crippen molar-refractivity contribution in [3.8, 4) is 22.9 Å². The van der Waals surface area contributed by atoms with Crippen LogP contribution in [0.3, 0.4) is 0 Å². The minimum absolute atomic E-state index is 0.392. The standard InChI is InChI=1S/C17H15BrN4O2S/c1-23-14-5-3-4-11(9-14)16-20-21-17(25)22(16)19-10-12-8-13(18)6-7-15(12)24-2/h3-10H,1-2H3,(H,21,25)/b19-10+. The lowest BCUT2D eigenvalue weighted by atomic mass is 10.2. The van der Waals surface area contributed by atoms with Crippen LogP contribution in [0.5, 0.6) is 11.5 Å². The van der Waals surface area contributed by atoms with E-state index >= 15 is 0 Å². The molecule has 0 atom stereocenters. The molecule has 0 amide bonds. The molecule has 128 valence electrons. The first-order valence-corrected chi connectivity index (χ1v) is 8.52. The normalized spacial score (nSPS) is 11.0. The molecule has 3 rings (SSSR count). The molecule has 1 aromatic heterocycles. The monoisotopic (exact) mass is 418 g/mol. The maximum atomic E-state index is 5.36. The molecule has 0 unspecified atom stereocenters. The van der Waals surface area contributed by atoms with Crippen molar-refractivity contribution in [3.05, 3.63) is 57.3 Å². The average molecular weight is 419 g/mol. The number of nitrogens with zero attached hydrogens (tertiary/aromatic N) is 3. The Morgan fingerprint density at radius 3 is 2.80 bits per heavy atom. The second kappa shape index (κ2) is 7.62. The molecule has 0 aliphatic rings. The van der Waals surface area contributed by atoms with Crippen molar-refractivity contribution in [1.82, 2.24) is 14.9 Å². The fourth-order valence-corrected chi connectivity index (χ4v) is 2.83. The van der Waals surface area contributed by atoms with Gasteiger partial charge in [0.2, 0.25) is 4.77 Å². The predicted octanol–water partition coefficient (Wildman–Crippen LogP) is 4.27. The smallest absolute Gasteiger partial charge is 0.216 e. The van der Waals surface area contributed by atoms with Crippen LogP contribution in [-0.2, 0) is 0 Å². The molecule has 0 bridgehead atoms. The number of ether oxygens (including phenoxy) is 2. The van der Waals surface area contributed by atoms with Gasteiger partial charge in [-0.3, -0.25) is 0 Å². The van der Waals surface area contributed by atoms with Gasteiger partial charge in [-0.1, -0.05) is 28.1 Å². The van der Waals surface area contributed by atoms with Crippen LogP contribution in [0.15, 0.2) is 52.0 Å². The van der Waals surface area contributed by atoms with Crippen LogP contribution < -0.4 is 9.47 Å². The summed E-state index contributed by atoms with van der Waals surface area (Å²) < 4.78 is 13.5. The lowest BCUT2D eigenvalue weighted by molar-refractivity contribution is 0.414. The average Bonchev–Trinajstić information content (AvgIpc) is 3.00. The summed E-state index contributed by atoms with van der Waals surface area (Å²) in [7, 11) is 3.24. The van der Waals surface area contributed by atoms with E-state index in [0.717, 1.165) is 21.3 Å². The van der Waals surface area contributed by atoms with Gasteiger partial charge in [-0.15, -0.1) is 0 Å². The van der Waals surface area contributed by atoms with E-state index in [-0.39, 0.29) is 0 Å². The second-order valence-electron chi connectivity index (χ2n) is 5.03. The summed E-state index contributed by atoms with van der Waals surface area (Å²) in [6.07, 6.45) is 1.68. The summed E-state index contributed by atoms with van der Waals surface area (Å²) >= 11 is 8.74. The van der Waals surface area contributed by atoms with Gasteiger partial charge in [0, 0.05) is 15.6 Å². The Morgan fingerprint density at radius 1 is 1.20 bits per heavy atom. The molecule has 0 saturated carbocycles. The number of H-pyrrole nitrogens is 1. The van der Waals surface area contributed by atoms with Gasteiger partial charge in [0.1, 0.15) is 11.5 Å². The van der Waals surface area contributed by atoms with Gasteiger partial charge in [0.05, 0.1) is 20.4 Å². The minimum Gasteiger partial charge on any atom is -0.497 e. The quantitative estimate of drug-likeness (QED) is 0.496. The number of nitrogens with one attached hydrogen (secondary N) is 1. The summed E-state index contributed by atoms with van der Waals surface area (Å²) in [6, 6.07) is 13.2. The van der Waals surface area contributed by atoms with E-state index in [1.54, 1.807) is 25.1 Å². The number of benzene rings is 2. The van der Waals surface area contributed by atoms with Crippen molar-refractivity contribution in [2.45, 2.75) is 0 Å². The van der Waals surface area contributed by atoms with Crippen molar-refractivity contribution in [1.29, 1.82) is 0 Å². The summed E-state index contributed by atoms with van der Waals surface area (Å²) in [5.41, 5.74) is 1.65. The Balaban J connectivity index is 2.03. The van der Waals surface area contributed by atoms with Gasteiger partial charge in [-0.05, 0) is 42.5 Å². The first-order valence-electron chi connectivity index (χ1n) is 7.32. The van der Waals surface area contributed by atoms with Crippen molar-refractivity contribution < 1.29 is 9.47 Å². The van der Waals surface area contributed by atoms with Crippen LogP contribution in [0.2, 0.25) is 0 Å². The van der Waals surface area contributed by atoms with Crippen LogP contribution in [0.1, 0.15) is 5.56 Å². The highest BCUT2D eigenvalue weighted by atomic mass is 79.9. The first kappa shape index (κ1) is 17.4. The third-order valence-corrected chi connectivity index (χ3v) is 4.24. The molecule has 0 aliphatic heterocycles. The van der Waals surface area contributed by atoms with Crippen molar-refractivity contribution in [3.63, 3.8) is 0 Å².